The van der Waals surface area contributed by atoms with Crippen molar-refractivity contribution in [1.29, 1.82) is 5.41 Å². The van der Waals surface area contributed by atoms with Crippen molar-refractivity contribution in [2.24, 2.45) is 0 Å². The van der Waals surface area contributed by atoms with E-state index in [4.69, 9.17) is 10.1 Å². The Bertz CT molecular complexity index is 223. The summed E-state index contributed by atoms with van der Waals surface area (Å²) in [6, 6.07) is 0. The Balaban J connectivity index is 4.52. The molecule has 74 valence electrons. The van der Waals surface area contributed by atoms with Crippen LogP contribution in [0.4, 0.5) is 0 Å². The number of esters is 1. The molecule has 0 aliphatic heterocycles. The van der Waals surface area contributed by atoms with Gasteiger partial charge >= 0.3 is 5.97 Å². The number of ether oxygens (including phenoxy) is 2. The molecule has 0 atom stereocenters. The van der Waals surface area contributed by atoms with Gasteiger partial charge in [0.1, 0.15) is 5.57 Å². The van der Waals surface area contributed by atoms with Gasteiger partial charge < -0.3 is 14.8 Å². The molecule has 0 bridgehead atoms. The highest BCUT2D eigenvalue weighted by Crippen LogP contribution is 1.99. The first-order valence-electron chi connectivity index (χ1n) is 3.84. The zero-order valence-electron chi connectivity index (χ0n) is 8.01. The van der Waals surface area contributed by atoms with E-state index in [9.17, 15) is 4.79 Å². The van der Waals surface area contributed by atoms with E-state index in [1.165, 1.54) is 13.3 Å². The summed E-state index contributed by atoms with van der Waals surface area (Å²) < 4.78 is 9.32. The summed E-state index contributed by atoms with van der Waals surface area (Å²) >= 11 is 0. The van der Waals surface area contributed by atoms with Crippen molar-refractivity contribution in [1.82, 2.24) is 5.32 Å². The molecule has 0 rings (SSSR count). The summed E-state index contributed by atoms with van der Waals surface area (Å²) in [7, 11) is 2.95. The molecule has 0 amide bonds. The molecule has 0 aromatic heterocycles. The van der Waals surface area contributed by atoms with Crippen molar-refractivity contribution in [3.63, 3.8) is 0 Å². The van der Waals surface area contributed by atoms with Crippen LogP contribution >= 0.6 is 0 Å². The predicted molar refractivity (Wildman–Crippen MR) is 48.5 cm³/mol. The lowest BCUT2D eigenvalue weighted by Crippen LogP contribution is -2.18. The van der Waals surface area contributed by atoms with Gasteiger partial charge in [-0.3, -0.25) is 5.41 Å². The quantitative estimate of drug-likeness (QED) is 0.286. The van der Waals surface area contributed by atoms with Crippen LogP contribution in [0, 0.1) is 5.41 Å². The second-order valence-corrected chi connectivity index (χ2v) is 2.10. The zero-order chi connectivity index (χ0) is 10.3. The largest absolute Gasteiger partial charge is 0.481 e. The first-order chi connectivity index (χ1) is 6.17. The minimum absolute atomic E-state index is 0.0758. The molecule has 0 heterocycles. The molecule has 2 N–H and O–H groups in total. The third-order valence-electron chi connectivity index (χ3n) is 1.23. The Morgan fingerprint density at radius 3 is 2.62 bits per heavy atom. The molecule has 0 aliphatic rings. The highest BCUT2D eigenvalue weighted by Gasteiger charge is 2.16. The third kappa shape index (κ3) is 3.59. The third-order valence-corrected chi connectivity index (χ3v) is 1.23. The highest BCUT2D eigenvalue weighted by atomic mass is 16.5. The van der Waals surface area contributed by atoms with Crippen LogP contribution in [0.25, 0.3) is 0 Å². The Morgan fingerprint density at radius 2 is 2.23 bits per heavy atom. The number of methoxy groups -OCH3 is 1. The van der Waals surface area contributed by atoms with Gasteiger partial charge in [0, 0.05) is 13.2 Å². The minimum atomic E-state index is -0.566. The number of carbonyl (C=O) groups excluding carboxylic acids is 1. The summed E-state index contributed by atoms with van der Waals surface area (Å²) in [5.41, 5.74) is 0.0758. The molecule has 0 spiro atoms. The average molecular weight is 186 g/mol. The zero-order valence-corrected chi connectivity index (χ0v) is 8.01. The number of hydrogen-bond acceptors (Lipinski definition) is 5. The topological polar surface area (TPSA) is 71.4 Å². The number of nitrogens with one attached hydrogen (secondary N) is 2. The second kappa shape index (κ2) is 6.05. The maximum Gasteiger partial charge on any atom is 0.345 e. The van der Waals surface area contributed by atoms with Crippen LogP contribution in [0.5, 0.6) is 0 Å². The van der Waals surface area contributed by atoms with Crippen LogP contribution in [0.1, 0.15) is 6.92 Å². The van der Waals surface area contributed by atoms with Crippen LogP contribution in [-0.2, 0) is 14.3 Å². The van der Waals surface area contributed by atoms with E-state index >= 15 is 0 Å². The van der Waals surface area contributed by atoms with E-state index in [-0.39, 0.29) is 18.1 Å². The fourth-order valence-corrected chi connectivity index (χ4v) is 0.680. The first kappa shape index (κ1) is 11.5. The molecule has 5 nitrogen and oxygen atoms in total. The Morgan fingerprint density at radius 1 is 1.62 bits per heavy atom. The Kier molecular flexibility index (Phi) is 5.34. The van der Waals surface area contributed by atoms with Crippen LogP contribution in [-0.4, -0.2) is 32.6 Å². The van der Waals surface area contributed by atoms with Gasteiger partial charge in [-0.25, -0.2) is 4.79 Å². The molecule has 0 aliphatic carbocycles. The molecular formula is C8H14N2O3. The molecule has 0 unspecified atom stereocenters. The lowest BCUT2D eigenvalue weighted by Gasteiger charge is -2.06. The van der Waals surface area contributed by atoms with Gasteiger partial charge in [0.15, 0.2) is 0 Å². The standard InChI is InChI=1S/C8H14N2O3/c1-4-13-8(11)6(5-10-2)7(9)12-3/h5,9-10H,4H2,1-3H3/b6-5+,9-7?. The molecule has 13 heavy (non-hydrogen) atoms. The van der Waals surface area contributed by atoms with E-state index < -0.39 is 5.97 Å². The van der Waals surface area contributed by atoms with E-state index in [1.54, 1.807) is 14.0 Å². The first-order valence-corrected chi connectivity index (χ1v) is 3.84. The summed E-state index contributed by atoms with van der Waals surface area (Å²) in [6.07, 6.45) is 1.36. The number of hydrogen-bond donors (Lipinski definition) is 2. The van der Waals surface area contributed by atoms with Crippen molar-refractivity contribution in [2.75, 3.05) is 20.8 Å². The maximum absolute atomic E-state index is 11.2. The highest BCUT2D eigenvalue weighted by molar-refractivity contribution is 6.15. The van der Waals surface area contributed by atoms with E-state index in [0.717, 1.165) is 0 Å². The summed E-state index contributed by atoms with van der Waals surface area (Å²) in [5.74, 6) is -0.781. The predicted octanol–water partition coefficient (Wildman–Crippen LogP) is 0.276. The van der Waals surface area contributed by atoms with Gasteiger partial charge in [0.25, 0.3) is 0 Å². The van der Waals surface area contributed by atoms with Gasteiger partial charge in [-0.05, 0) is 6.92 Å². The molecule has 0 fully saturated rings. The smallest absolute Gasteiger partial charge is 0.345 e. The van der Waals surface area contributed by atoms with Crippen molar-refractivity contribution in [3.05, 3.63) is 11.8 Å². The van der Waals surface area contributed by atoms with Gasteiger partial charge in [0.2, 0.25) is 5.90 Å². The minimum Gasteiger partial charge on any atom is -0.481 e. The van der Waals surface area contributed by atoms with Crippen LogP contribution in [0.2, 0.25) is 0 Å². The fraction of sp³-hybridized carbons (Fsp3) is 0.500. The molecule has 0 aromatic carbocycles. The van der Waals surface area contributed by atoms with E-state index in [2.05, 4.69) is 10.1 Å². The fourth-order valence-electron chi connectivity index (χ4n) is 0.680. The van der Waals surface area contributed by atoms with Gasteiger partial charge in [-0.2, -0.15) is 0 Å². The summed E-state index contributed by atoms with van der Waals surface area (Å²) in [5, 5.41) is 9.91. The molecule has 5 heteroatoms. The summed E-state index contributed by atoms with van der Waals surface area (Å²) in [6.45, 7) is 1.97. The van der Waals surface area contributed by atoms with E-state index in [0.29, 0.717) is 0 Å². The normalized spacial score (nSPS) is 10.5. The second-order valence-electron chi connectivity index (χ2n) is 2.10. The lowest BCUT2D eigenvalue weighted by atomic mass is 10.3. The van der Waals surface area contributed by atoms with Crippen molar-refractivity contribution < 1.29 is 14.3 Å². The number of rotatable bonds is 4. The number of carbonyl (C=O) groups is 1. The van der Waals surface area contributed by atoms with Crippen LogP contribution < -0.4 is 5.32 Å². The molecule has 0 saturated carbocycles. The Hall–Kier alpha value is -1.52. The molecule has 0 aromatic rings. The average Bonchev–Trinajstić information content (AvgIpc) is 2.13. The maximum atomic E-state index is 11.2. The van der Waals surface area contributed by atoms with Crippen molar-refractivity contribution >= 4 is 11.9 Å². The van der Waals surface area contributed by atoms with E-state index in [1.807, 2.05) is 0 Å². The van der Waals surface area contributed by atoms with Gasteiger partial charge in [-0.15, -0.1) is 0 Å². The molecular weight excluding hydrogens is 172 g/mol. The van der Waals surface area contributed by atoms with Crippen LogP contribution in [0.15, 0.2) is 11.8 Å². The molecule has 0 saturated heterocycles. The SMILES string of the molecule is CCOC(=O)/C(=C/NC)C(=N)OC. The lowest BCUT2D eigenvalue weighted by molar-refractivity contribution is -0.138. The van der Waals surface area contributed by atoms with Gasteiger partial charge in [-0.1, -0.05) is 0 Å². The Labute approximate surface area is 77.2 Å². The van der Waals surface area contributed by atoms with Gasteiger partial charge in [0.05, 0.1) is 13.7 Å². The molecule has 0 radical (unpaired) electrons. The monoisotopic (exact) mass is 186 g/mol. The van der Waals surface area contributed by atoms with Crippen molar-refractivity contribution in [2.45, 2.75) is 6.92 Å². The summed E-state index contributed by atoms with van der Waals surface area (Å²) in [4.78, 5) is 11.2. The van der Waals surface area contributed by atoms with Crippen LogP contribution in [0.3, 0.4) is 0 Å². The van der Waals surface area contributed by atoms with Crippen molar-refractivity contribution in [3.8, 4) is 0 Å².